The Labute approximate surface area is 118 Å². The third-order valence-electron chi connectivity index (χ3n) is 4.87. The fourth-order valence-corrected chi connectivity index (χ4v) is 3.55. The number of ether oxygens (including phenoxy) is 2. The first-order valence-electron chi connectivity index (χ1n) is 6.95. The van der Waals surface area contributed by atoms with Gasteiger partial charge in [-0.1, -0.05) is 37.3 Å². The van der Waals surface area contributed by atoms with E-state index in [0.29, 0.717) is 0 Å². The van der Waals surface area contributed by atoms with Crippen molar-refractivity contribution in [3.8, 4) is 0 Å². The van der Waals surface area contributed by atoms with E-state index < -0.39 is 0 Å². The van der Waals surface area contributed by atoms with Crippen LogP contribution in [0.2, 0.25) is 0 Å². The van der Waals surface area contributed by atoms with Gasteiger partial charge < -0.3 is 9.47 Å². The van der Waals surface area contributed by atoms with Crippen molar-refractivity contribution in [1.82, 2.24) is 0 Å². The molecule has 0 atom stereocenters. The molecule has 0 radical (unpaired) electrons. The van der Waals surface area contributed by atoms with Gasteiger partial charge in [0.05, 0.1) is 16.6 Å². The van der Waals surface area contributed by atoms with Gasteiger partial charge in [-0.25, -0.2) is 0 Å². The van der Waals surface area contributed by atoms with E-state index in [1.807, 2.05) is 6.07 Å². The minimum atomic E-state index is -0.331. The van der Waals surface area contributed by atoms with Crippen molar-refractivity contribution in [2.45, 2.75) is 57.7 Å². The van der Waals surface area contributed by atoms with Gasteiger partial charge in [0, 0.05) is 14.2 Å². The Kier molecular flexibility index (Phi) is 4.81. The molecule has 2 heteroatoms. The van der Waals surface area contributed by atoms with Gasteiger partial charge >= 0.3 is 0 Å². The first kappa shape index (κ1) is 16.2. The minimum Gasteiger partial charge on any atom is -0.378 e. The predicted octanol–water partition coefficient (Wildman–Crippen LogP) is 4.18. The van der Waals surface area contributed by atoms with Crippen LogP contribution in [-0.4, -0.2) is 25.4 Å². The smallest absolute Gasteiger partial charge is 0.0746 e. The van der Waals surface area contributed by atoms with Crippen molar-refractivity contribution in [3.05, 3.63) is 35.9 Å². The molecule has 0 aliphatic rings. The summed E-state index contributed by atoms with van der Waals surface area (Å²) in [7, 11) is 3.55. The van der Waals surface area contributed by atoms with Crippen molar-refractivity contribution < 1.29 is 9.47 Å². The second kappa shape index (κ2) is 5.64. The molecule has 0 spiro atoms. The summed E-state index contributed by atoms with van der Waals surface area (Å²) in [6.07, 6.45) is 0.943. The Bertz CT molecular complexity index is 377. The third-order valence-corrected chi connectivity index (χ3v) is 4.87. The summed E-state index contributed by atoms with van der Waals surface area (Å²) in [4.78, 5) is 0. The van der Waals surface area contributed by atoms with Gasteiger partial charge in [0.1, 0.15) is 0 Å². The highest BCUT2D eigenvalue weighted by Crippen LogP contribution is 2.49. The zero-order chi connectivity index (χ0) is 14.7. The Morgan fingerprint density at radius 2 is 1.26 bits per heavy atom. The van der Waals surface area contributed by atoms with Gasteiger partial charge in [-0.15, -0.1) is 0 Å². The summed E-state index contributed by atoms with van der Waals surface area (Å²) >= 11 is 0. The van der Waals surface area contributed by atoms with E-state index in [0.717, 1.165) is 6.42 Å². The molecule has 0 N–H and O–H groups in total. The van der Waals surface area contributed by atoms with Crippen LogP contribution in [0, 0.1) is 0 Å². The Morgan fingerprint density at radius 3 is 1.58 bits per heavy atom. The lowest BCUT2D eigenvalue weighted by Crippen LogP contribution is -2.61. The molecular formula is C17H28O2. The van der Waals surface area contributed by atoms with Crippen LogP contribution >= 0.6 is 0 Å². The second-order valence-corrected chi connectivity index (χ2v) is 6.05. The van der Waals surface area contributed by atoms with Gasteiger partial charge in [-0.2, -0.15) is 0 Å². The maximum atomic E-state index is 5.86. The lowest BCUT2D eigenvalue weighted by atomic mass is 9.58. The minimum absolute atomic E-state index is 0.217. The van der Waals surface area contributed by atoms with E-state index in [4.69, 9.17) is 9.47 Å². The molecule has 0 heterocycles. The highest BCUT2D eigenvalue weighted by molar-refractivity contribution is 5.33. The zero-order valence-electron chi connectivity index (χ0n) is 13.4. The summed E-state index contributed by atoms with van der Waals surface area (Å²) in [5.41, 5.74) is 0.381. The normalized spacial score (nSPS) is 13.6. The molecule has 1 aromatic carbocycles. The van der Waals surface area contributed by atoms with Crippen molar-refractivity contribution in [3.63, 3.8) is 0 Å². The van der Waals surface area contributed by atoms with E-state index >= 15 is 0 Å². The molecule has 108 valence electrons. The second-order valence-electron chi connectivity index (χ2n) is 6.05. The van der Waals surface area contributed by atoms with E-state index in [1.165, 1.54) is 5.56 Å². The summed E-state index contributed by atoms with van der Waals surface area (Å²) in [5.74, 6) is 0. The average Bonchev–Trinajstić information content (AvgIpc) is 2.40. The van der Waals surface area contributed by atoms with Gasteiger partial charge in [0.25, 0.3) is 0 Å². The highest BCUT2D eigenvalue weighted by Gasteiger charge is 2.55. The molecule has 0 fully saturated rings. The largest absolute Gasteiger partial charge is 0.378 e. The first-order valence-corrected chi connectivity index (χ1v) is 6.95. The highest BCUT2D eigenvalue weighted by atomic mass is 16.5. The molecular weight excluding hydrogens is 236 g/mol. The van der Waals surface area contributed by atoms with Crippen LogP contribution in [0.5, 0.6) is 0 Å². The summed E-state index contributed by atoms with van der Waals surface area (Å²) < 4.78 is 11.7. The standard InChI is InChI=1S/C17H28O2/c1-8-17(15(2,3)18-6,16(4,5)19-7)14-12-10-9-11-13-14/h9-13H,8H2,1-7H3. The summed E-state index contributed by atoms with van der Waals surface area (Å²) in [5, 5.41) is 0. The molecule has 0 bridgehead atoms. The molecule has 0 saturated carbocycles. The molecule has 0 saturated heterocycles. The van der Waals surface area contributed by atoms with Crippen molar-refractivity contribution in [2.75, 3.05) is 14.2 Å². The fraction of sp³-hybridized carbons (Fsp3) is 0.647. The number of hydrogen-bond acceptors (Lipinski definition) is 2. The molecule has 2 nitrogen and oxygen atoms in total. The maximum Gasteiger partial charge on any atom is 0.0746 e. The van der Waals surface area contributed by atoms with Crippen LogP contribution in [0.3, 0.4) is 0 Å². The lowest BCUT2D eigenvalue weighted by Gasteiger charge is -2.54. The molecule has 0 aromatic heterocycles. The van der Waals surface area contributed by atoms with Crippen LogP contribution < -0.4 is 0 Å². The van der Waals surface area contributed by atoms with Crippen LogP contribution in [0.1, 0.15) is 46.6 Å². The quantitative estimate of drug-likeness (QED) is 0.767. The van der Waals surface area contributed by atoms with E-state index in [-0.39, 0.29) is 16.6 Å². The van der Waals surface area contributed by atoms with E-state index in [1.54, 1.807) is 14.2 Å². The van der Waals surface area contributed by atoms with Gasteiger partial charge in [0.2, 0.25) is 0 Å². The zero-order valence-corrected chi connectivity index (χ0v) is 13.4. The van der Waals surface area contributed by atoms with E-state index in [2.05, 4.69) is 58.9 Å². The summed E-state index contributed by atoms with van der Waals surface area (Å²) in [6.45, 7) is 10.8. The number of methoxy groups -OCH3 is 2. The van der Waals surface area contributed by atoms with Gasteiger partial charge in [-0.05, 0) is 39.7 Å². The molecule has 0 unspecified atom stereocenters. The van der Waals surface area contributed by atoms with Gasteiger partial charge in [-0.3, -0.25) is 0 Å². The Morgan fingerprint density at radius 1 is 0.842 bits per heavy atom. The van der Waals surface area contributed by atoms with Crippen molar-refractivity contribution in [2.24, 2.45) is 0 Å². The Balaban J connectivity index is 3.57. The number of hydrogen-bond donors (Lipinski definition) is 0. The molecule has 19 heavy (non-hydrogen) atoms. The topological polar surface area (TPSA) is 18.5 Å². The maximum absolute atomic E-state index is 5.86. The molecule has 0 amide bonds. The Hall–Kier alpha value is -0.860. The third kappa shape index (κ3) is 2.44. The SMILES string of the molecule is CCC(c1ccccc1)(C(C)(C)OC)C(C)(C)OC. The van der Waals surface area contributed by atoms with Crippen LogP contribution in [0.4, 0.5) is 0 Å². The summed E-state index contributed by atoms with van der Waals surface area (Å²) in [6, 6.07) is 10.5. The molecule has 1 aromatic rings. The number of rotatable bonds is 6. The van der Waals surface area contributed by atoms with Crippen molar-refractivity contribution in [1.29, 1.82) is 0 Å². The molecule has 0 aliphatic carbocycles. The van der Waals surface area contributed by atoms with Crippen LogP contribution in [0.15, 0.2) is 30.3 Å². The van der Waals surface area contributed by atoms with Crippen LogP contribution in [0.25, 0.3) is 0 Å². The first-order chi connectivity index (χ1) is 8.79. The number of benzene rings is 1. The predicted molar refractivity (Wildman–Crippen MR) is 80.6 cm³/mol. The van der Waals surface area contributed by atoms with E-state index in [9.17, 15) is 0 Å². The molecule has 0 aliphatic heterocycles. The average molecular weight is 264 g/mol. The van der Waals surface area contributed by atoms with Crippen LogP contribution in [-0.2, 0) is 14.9 Å². The van der Waals surface area contributed by atoms with Crippen molar-refractivity contribution >= 4 is 0 Å². The lowest BCUT2D eigenvalue weighted by molar-refractivity contribution is -0.150. The fourth-order valence-electron chi connectivity index (χ4n) is 3.55. The van der Waals surface area contributed by atoms with Gasteiger partial charge in [0.15, 0.2) is 0 Å². The monoisotopic (exact) mass is 264 g/mol. The molecule has 1 rings (SSSR count).